The first kappa shape index (κ1) is 18.9. The monoisotopic (exact) mass is 424 g/mol. The Hall–Kier alpha value is -2.83. The molecule has 5 nitrogen and oxygen atoms in total. The molecule has 1 saturated carbocycles. The summed E-state index contributed by atoms with van der Waals surface area (Å²) in [6.07, 6.45) is 0. The number of nitrogens with zero attached hydrogens (tertiary/aromatic N) is 2. The third kappa shape index (κ3) is 2.60. The summed E-state index contributed by atoms with van der Waals surface area (Å²) in [4.78, 5) is 13.3. The summed E-state index contributed by atoms with van der Waals surface area (Å²) in [5.41, 5.74) is -1.41. The van der Waals surface area contributed by atoms with Crippen molar-refractivity contribution in [1.82, 2.24) is 0 Å². The molecule has 0 radical (unpaired) electrons. The van der Waals surface area contributed by atoms with E-state index >= 15 is 0 Å². The van der Waals surface area contributed by atoms with Gasteiger partial charge in [-0.15, -0.1) is 0 Å². The lowest BCUT2D eigenvalue weighted by Gasteiger charge is -2.12. The SMILES string of the molecule is COc1ccc(C2C(C#N)(C#N)C2(C)C(=O)c2ccc(Br)cc2)cc1OC. The highest BCUT2D eigenvalue weighted by Crippen LogP contribution is 2.75. The Morgan fingerprint density at radius 3 is 2.15 bits per heavy atom. The largest absolute Gasteiger partial charge is 0.493 e. The average molecular weight is 425 g/mol. The van der Waals surface area contributed by atoms with Gasteiger partial charge in [-0.3, -0.25) is 4.79 Å². The number of carbonyl (C=O) groups is 1. The van der Waals surface area contributed by atoms with Gasteiger partial charge in [0.25, 0.3) is 0 Å². The number of rotatable bonds is 5. The molecule has 6 heteroatoms. The molecular formula is C21H17BrN2O3. The van der Waals surface area contributed by atoms with Crippen LogP contribution in [0.4, 0.5) is 0 Å². The van der Waals surface area contributed by atoms with Gasteiger partial charge in [0.1, 0.15) is 0 Å². The summed E-state index contributed by atoms with van der Waals surface area (Å²) < 4.78 is 11.4. The smallest absolute Gasteiger partial charge is 0.172 e. The zero-order valence-corrected chi connectivity index (χ0v) is 16.7. The molecular weight excluding hydrogens is 408 g/mol. The van der Waals surface area contributed by atoms with E-state index in [9.17, 15) is 15.3 Å². The molecule has 27 heavy (non-hydrogen) atoms. The van der Waals surface area contributed by atoms with Crippen molar-refractivity contribution >= 4 is 21.7 Å². The van der Waals surface area contributed by atoms with E-state index in [4.69, 9.17) is 9.47 Å². The van der Waals surface area contributed by atoms with E-state index in [1.807, 2.05) is 0 Å². The minimum absolute atomic E-state index is 0.224. The van der Waals surface area contributed by atoms with Crippen molar-refractivity contribution in [3.8, 4) is 23.6 Å². The normalized spacial score (nSPS) is 22.2. The Bertz CT molecular complexity index is 974. The van der Waals surface area contributed by atoms with Crippen molar-refractivity contribution < 1.29 is 14.3 Å². The molecule has 0 bridgehead atoms. The zero-order chi connectivity index (χ0) is 19.8. The van der Waals surface area contributed by atoms with E-state index in [1.54, 1.807) is 49.4 Å². The van der Waals surface area contributed by atoms with Gasteiger partial charge in [0.15, 0.2) is 22.7 Å². The number of carbonyl (C=O) groups excluding carboxylic acids is 1. The number of nitriles is 2. The van der Waals surface area contributed by atoms with Crippen molar-refractivity contribution in [2.24, 2.45) is 10.8 Å². The second-order valence-corrected chi connectivity index (χ2v) is 7.53. The number of halogens is 1. The van der Waals surface area contributed by atoms with Crippen molar-refractivity contribution in [2.45, 2.75) is 12.8 Å². The van der Waals surface area contributed by atoms with E-state index in [0.29, 0.717) is 22.6 Å². The van der Waals surface area contributed by atoms with Gasteiger partial charge in [0.2, 0.25) is 0 Å². The van der Waals surface area contributed by atoms with Crippen LogP contribution in [0.5, 0.6) is 11.5 Å². The molecule has 0 heterocycles. The highest BCUT2D eigenvalue weighted by Gasteiger charge is 2.80. The Balaban J connectivity index is 2.10. The molecule has 2 aromatic rings. The van der Waals surface area contributed by atoms with Crippen LogP contribution in [-0.2, 0) is 0 Å². The molecule has 0 spiro atoms. The molecule has 136 valence electrons. The maximum absolute atomic E-state index is 13.3. The van der Waals surface area contributed by atoms with Gasteiger partial charge in [0.05, 0.1) is 31.8 Å². The fraction of sp³-hybridized carbons (Fsp3) is 0.286. The van der Waals surface area contributed by atoms with Gasteiger partial charge in [0, 0.05) is 16.0 Å². The highest BCUT2D eigenvalue weighted by atomic mass is 79.9. The first-order valence-electron chi connectivity index (χ1n) is 8.24. The summed E-state index contributed by atoms with van der Waals surface area (Å²) in [5.74, 6) is 0.251. The molecule has 1 fully saturated rings. The van der Waals surface area contributed by atoms with Crippen LogP contribution in [0.3, 0.4) is 0 Å². The van der Waals surface area contributed by atoms with Crippen LogP contribution in [0.15, 0.2) is 46.9 Å². The van der Waals surface area contributed by atoms with Crippen molar-refractivity contribution in [2.75, 3.05) is 14.2 Å². The third-order valence-corrected chi connectivity index (χ3v) is 5.95. The molecule has 1 aliphatic rings. The molecule has 0 saturated heterocycles. The Morgan fingerprint density at radius 2 is 1.63 bits per heavy atom. The van der Waals surface area contributed by atoms with Gasteiger partial charge in [-0.05, 0) is 36.8 Å². The molecule has 2 unspecified atom stereocenters. The maximum Gasteiger partial charge on any atom is 0.172 e. The number of hydrogen-bond donors (Lipinski definition) is 0. The standard InChI is InChI=1S/C21H17BrN2O3/c1-20(19(25)13-4-7-15(22)8-5-13)18(21(20,11-23)12-24)14-6-9-16(26-2)17(10-14)27-3/h4-10,18H,1-3H3. The number of ketones is 1. The molecule has 0 N–H and O–H groups in total. The fourth-order valence-corrected chi connectivity index (χ4v) is 4.10. The lowest BCUT2D eigenvalue weighted by Crippen LogP contribution is -2.19. The van der Waals surface area contributed by atoms with Crippen LogP contribution in [0.1, 0.15) is 28.8 Å². The number of Topliss-reactive ketones (excluding diaryl/α,β-unsaturated/α-hetero) is 1. The van der Waals surface area contributed by atoms with Gasteiger partial charge < -0.3 is 9.47 Å². The van der Waals surface area contributed by atoms with Crippen LogP contribution in [0.25, 0.3) is 0 Å². The lowest BCUT2D eigenvalue weighted by atomic mass is 9.88. The molecule has 3 rings (SSSR count). The second-order valence-electron chi connectivity index (χ2n) is 6.62. The summed E-state index contributed by atoms with van der Waals surface area (Å²) in [7, 11) is 3.05. The minimum atomic E-state index is -1.43. The molecule has 0 aromatic heterocycles. The van der Waals surface area contributed by atoms with Gasteiger partial charge in [-0.1, -0.05) is 34.1 Å². The second kappa shape index (κ2) is 6.72. The van der Waals surface area contributed by atoms with Crippen LogP contribution in [-0.4, -0.2) is 20.0 Å². The van der Waals surface area contributed by atoms with Gasteiger partial charge in [-0.25, -0.2) is 0 Å². The zero-order valence-electron chi connectivity index (χ0n) is 15.1. The van der Waals surface area contributed by atoms with Crippen LogP contribution >= 0.6 is 15.9 Å². The third-order valence-electron chi connectivity index (χ3n) is 5.42. The Kier molecular flexibility index (Phi) is 4.71. The fourth-order valence-electron chi connectivity index (χ4n) is 3.83. The van der Waals surface area contributed by atoms with E-state index in [-0.39, 0.29) is 5.78 Å². The molecule has 2 aromatic carbocycles. The quantitative estimate of drug-likeness (QED) is 0.660. The predicted octanol–water partition coefficient (Wildman–Crippen LogP) is 4.49. The van der Waals surface area contributed by atoms with E-state index in [2.05, 4.69) is 28.1 Å². The van der Waals surface area contributed by atoms with Crippen molar-refractivity contribution in [3.05, 3.63) is 58.1 Å². The summed E-state index contributed by atoms with van der Waals surface area (Å²) in [6.45, 7) is 1.69. The van der Waals surface area contributed by atoms with E-state index in [1.165, 1.54) is 14.2 Å². The van der Waals surface area contributed by atoms with Crippen molar-refractivity contribution in [3.63, 3.8) is 0 Å². The summed E-state index contributed by atoms with van der Waals surface area (Å²) in [5, 5.41) is 19.6. The van der Waals surface area contributed by atoms with E-state index in [0.717, 1.165) is 4.47 Å². The van der Waals surface area contributed by atoms with Gasteiger partial charge in [-0.2, -0.15) is 10.5 Å². The number of benzene rings is 2. The highest BCUT2D eigenvalue weighted by molar-refractivity contribution is 9.10. The first-order valence-corrected chi connectivity index (χ1v) is 9.03. The van der Waals surface area contributed by atoms with E-state index < -0.39 is 16.7 Å². The summed E-state index contributed by atoms with van der Waals surface area (Å²) in [6, 6.07) is 16.4. The van der Waals surface area contributed by atoms with Crippen LogP contribution < -0.4 is 9.47 Å². The number of ether oxygens (including phenoxy) is 2. The maximum atomic E-state index is 13.3. The Morgan fingerprint density at radius 1 is 1.04 bits per heavy atom. The Labute approximate surface area is 166 Å². The first-order chi connectivity index (χ1) is 12.9. The number of methoxy groups -OCH3 is 2. The predicted molar refractivity (Wildman–Crippen MR) is 103 cm³/mol. The molecule has 2 atom stereocenters. The summed E-state index contributed by atoms with van der Waals surface area (Å²) >= 11 is 3.35. The molecule has 0 amide bonds. The number of hydrogen-bond acceptors (Lipinski definition) is 5. The van der Waals surface area contributed by atoms with Crippen LogP contribution in [0, 0.1) is 33.5 Å². The average Bonchev–Trinajstić information content (AvgIpc) is 3.27. The topological polar surface area (TPSA) is 83.1 Å². The minimum Gasteiger partial charge on any atom is -0.493 e. The molecule has 0 aliphatic heterocycles. The van der Waals surface area contributed by atoms with Crippen LogP contribution in [0.2, 0.25) is 0 Å². The van der Waals surface area contributed by atoms with Crippen molar-refractivity contribution in [1.29, 1.82) is 10.5 Å². The lowest BCUT2D eigenvalue weighted by molar-refractivity contribution is 0.0894. The van der Waals surface area contributed by atoms with Gasteiger partial charge >= 0.3 is 0 Å². The molecule has 1 aliphatic carbocycles.